The fraction of sp³-hybridized carbons (Fsp3) is 0.103. The maximum absolute atomic E-state index is 12.4. The third kappa shape index (κ3) is 6.49. The van der Waals surface area contributed by atoms with E-state index in [1.165, 1.54) is 55.5 Å². The minimum atomic E-state index is -5.00. The Morgan fingerprint density at radius 1 is 0.660 bits per heavy atom. The average molecular weight is 700 g/mol. The molecule has 0 atom stereocenters. The van der Waals surface area contributed by atoms with Crippen molar-refractivity contribution in [3.05, 3.63) is 72.8 Å². The molecule has 5 N–H and O–H groups in total. The second-order valence-corrected chi connectivity index (χ2v) is 15.0. The molecule has 0 aliphatic carbocycles. The van der Waals surface area contributed by atoms with Crippen LogP contribution in [0.5, 0.6) is 11.5 Å². The number of aromatic hydroxyl groups is 2. The topological polar surface area (TPSA) is 245 Å². The first kappa shape index (κ1) is 33.4. The minimum absolute atomic E-state index is 0.00149. The quantitative estimate of drug-likeness (QED) is 0.0814. The molecule has 0 heterocycles. The molecule has 0 radical (unpaired) electrons. The molecule has 0 aliphatic rings. The maximum Gasteiger partial charge on any atom is 0.296 e. The summed E-state index contributed by atoms with van der Waals surface area (Å²) in [5.41, 5.74) is 0.214. The summed E-state index contributed by atoms with van der Waals surface area (Å²) >= 11 is 0. The van der Waals surface area contributed by atoms with Crippen LogP contribution in [0, 0.1) is 0 Å². The molecule has 244 valence electrons. The summed E-state index contributed by atoms with van der Waals surface area (Å²) in [6.07, 6.45) is 0. The van der Waals surface area contributed by atoms with Crippen molar-refractivity contribution in [2.45, 2.75) is 21.6 Å². The molecule has 0 aromatic heterocycles. The molecule has 5 rings (SSSR count). The fourth-order valence-electron chi connectivity index (χ4n) is 4.72. The largest absolute Gasteiger partial charge is 0.505 e. The van der Waals surface area contributed by atoms with E-state index in [-0.39, 0.29) is 55.3 Å². The van der Waals surface area contributed by atoms with E-state index >= 15 is 0 Å². The zero-order chi connectivity index (χ0) is 34.3. The second kappa shape index (κ2) is 12.3. The summed E-state index contributed by atoms with van der Waals surface area (Å²) in [5, 5.41) is 41.4. The summed E-state index contributed by atoms with van der Waals surface area (Å²) in [6, 6.07) is 15.9. The van der Waals surface area contributed by atoms with Crippen LogP contribution in [0.1, 0.15) is 6.92 Å². The van der Waals surface area contributed by atoms with E-state index in [1.54, 1.807) is 19.2 Å². The van der Waals surface area contributed by atoms with E-state index in [0.717, 1.165) is 12.1 Å². The molecule has 0 aliphatic heterocycles. The first-order valence-electron chi connectivity index (χ1n) is 13.4. The highest BCUT2D eigenvalue weighted by molar-refractivity contribution is 7.91. The van der Waals surface area contributed by atoms with Gasteiger partial charge in [0.25, 0.3) is 20.2 Å². The van der Waals surface area contributed by atoms with Gasteiger partial charge in [-0.25, -0.2) is 8.42 Å². The number of nitrogens with zero attached hydrogens (tertiary/aromatic N) is 4. The van der Waals surface area contributed by atoms with Gasteiger partial charge in [-0.2, -0.15) is 16.8 Å². The SMILES string of the molecule is CCS(=O)(=O)c1cc(S(=O)(=O)O)c2c(O)c(N=Nc3ccc4c(N=Nc5ccccc5S(=O)(=O)O)c(NC)ccc4c3O)ccc2c1. The van der Waals surface area contributed by atoms with Gasteiger partial charge < -0.3 is 15.5 Å². The lowest BCUT2D eigenvalue weighted by atomic mass is 10.1. The molecule has 5 aromatic rings. The molecule has 0 fully saturated rings. The van der Waals surface area contributed by atoms with Crippen LogP contribution >= 0.6 is 0 Å². The normalized spacial score (nSPS) is 12.9. The Morgan fingerprint density at radius 3 is 1.89 bits per heavy atom. The lowest BCUT2D eigenvalue weighted by Gasteiger charge is -2.11. The van der Waals surface area contributed by atoms with Crippen molar-refractivity contribution in [1.29, 1.82) is 0 Å². The first-order chi connectivity index (χ1) is 22.1. The van der Waals surface area contributed by atoms with Gasteiger partial charge in [-0.3, -0.25) is 9.11 Å². The first-order valence-corrected chi connectivity index (χ1v) is 18.0. The van der Waals surface area contributed by atoms with Crippen molar-refractivity contribution in [3.8, 4) is 11.5 Å². The molecule has 47 heavy (non-hydrogen) atoms. The highest BCUT2D eigenvalue weighted by atomic mass is 32.2. The standard InChI is InChI=1S/C29H25N5O10S3/c1-3-45(37,38)17-14-16-8-11-23(29(36)26(16)25(15-17)47(42,43)44)33-32-22-13-9-18-19(28(22)35)10-12-21(30-2)27(18)34-31-20-6-4-5-7-24(20)46(39,40)41/h4-15,30,35-36H,3H2,1-2H3,(H,39,40,41)(H,42,43,44). The number of rotatable bonds is 9. The maximum atomic E-state index is 12.4. The lowest BCUT2D eigenvalue weighted by Crippen LogP contribution is -2.07. The van der Waals surface area contributed by atoms with Crippen LogP contribution < -0.4 is 5.32 Å². The Morgan fingerprint density at radius 2 is 1.26 bits per heavy atom. The highest BCUT2D eigenvalue weighted by Crippen LogP contribution is 2.45. The summed E-state index contributed by atoms with van der Waals surface area (Å²) in [5.74, 6) is -1.41. The van der Waals surface area contributed by atoms with E-state index < -0.39 is 45.6 Å². The van der Waals surface area contributed by atoms with Gasteiger partial charge in [0.15, 0.2) is 21.3 Å². The zero-order valence-electron chi connectivity index (χ0n) is 24.4. The molecule has 0 saturated heterocycles. The van der Waals surface area contributed by atoms with Gasteiger partial charge in [-0.15, -0.1) is 20.5 Å². The van der Waals surface area contributed by atoms with Crippen LogP contribution in [-0.4, -0.2) is 57.4 Å². The predicted octanol–water partition coefficient (Wildman–Crippen LogP) is 6.56. The zero-order valence-corrected chi connectivity index (χ0v) is 26.8. The highest BCUT2D eigenvalue weighted by Gasteiger charge is 2.24. The van der Waals surface area contributed by atoms with Crippen LogP contribution in [0.3, 0.4) is 0 Å². The van der Waals surface area contributed by atoms with Gasteiger partial charge >= 0.3 is 0 Å². The summed E-state index contributed by atoms with van der Waals surface area (Å²) in [6.45, 7) is 1.37. The third-order valence-electron chi connectivity index (χ3n) is 7.08. The molecule has 0 amide bonds. The number of benzene rings is 5. The number of azo groups is 2. The summed E-state index contributed by atoms with van der Waals surface area (Å²) in [4.78, 5) is -1.66. The van der Waals surface area contributed by atoms with Crippen LogP contribution in [0.15, 0.2) is 108 Å². The van der Waals surface area contributed by atoms with Crippen LogP contribution in [-0.2, 0) is 30.1 Å². The second-order valence-electron chi connectivity index (χ2n) is 9.91. The van der Waals surface area contributed by atoms with Crippen molar-refractivity contribution in [2.75, 3.05) is 18.1 Å². The number of sulfone groups is 1. The van der Waals surface area contributed by atoms with Crippen molar-refractivity contribution < 1.29 is 44.6 Å². The van der Waals surface area contributed by atoms with Gasteiger partial charge in [0, 0.05) is 23.2 Å². The van der Waals surface area contributed by atoms with Gasteiger partial charge in [0.1, 0.15) is 32.5 Å². The van der Waals surface area contributed by atoms with Crippen molar-refractivity contribution >= 4 is 80.1 Å². The van der Waals surface area contributed by atoms with Gasteiger partial charge in [0.05, 0.1) is 16.3 Å². The molecule has 0 spiro atoms. The van der Waals surface area contributed by atoms with Crippen molar-refractivity contribution in [3.63, 3.8) is 0 Å². The van der Waals surface area contributed by atoms with Crippen molar-refractivity contribution in [1.82, 2.24) is 0 Å². The van der Waals surface area contributed by atoms with E-state index in [9.17, 15) is 44.6 Å². The molecule has 0 unspecified atom stereocenters. The lowest BCUT2D eigenvalue weighted by molar-refractivity contribution is 0.474. The summed E-state index contributed by atoms with van der Waals surface area (Å²) < 4.78 is 92.2. The number of fused-ring (bicyclic) bond motifs is 2. The Hall–Kier alpha value is -5.01. The fourth-order valence-corrected chi connectivity index (χ4v) is 7.11. The molecule has 18 heteroatoms. The summed E-state index contributed by atoms with van der Waals surface area (Å²) in [7, 11) is -11.9. The van der Waals surface area contributed by atoms with E-state index in [2.05, 4.69) is 25.8 Å². The minimum Gasteiger partial charge on any atom is -0.505 e. The molecule has 15 nitrogen and oxygen atoms in total. The Labute approximate surface area is 268 Å². The van der Waals surface area contributed by atoms with Gasteiger partial charge in [0.2, 0.25) is 0 Å². The number of hydrogen-bond acceptors (Lipinski definition) is 13. The van der Waals surface area contributed by atoms with E-state index in [1.807, 2.05) is 0 Å². The van der Waals surface area contributed by atoms with E-state index in [4.69, 9.17) is 0 Å². The van der Waals surface area contributed by atoms with Gasteiger partial charge in [-0.05, 0) is 60.0 Å². The number of hydrogen-bond donors (Lipinski definition) is 5. The van der Waals surface area contributed by atoms with Crippen molar-refractivity contribution in [2.24, 2.45) is 20.5 Å². The molecule has 0 saturated carbocycles. The molecular weight excluding hydrogens is 675 g/mol. The van der Waals surface area contributed by atoms with Crippen LogP contribution in [0.4, 0.5) is 28.4 Å². The smallest absolute Gasteiger partial charge is 0.296 e. The molecule has 5 aromatic carbocycles. The number of phenols is 2. The van der Waals surface area contributed by atoms with Gasteiger partial charge in [-0.1, -0.05) is 25.1 Å². The number of phenolic OH excluding ortho intramolecular Hbond substituents is 2. The van der Waals surface area contributed by atoms with Crippen LogP contribution in [0.2, 0.25) is 0 Å². The third-order valence-corrected chi connectivity index (χ3v) is 10.6. The Balaban J connectivity index is 1.60. The number of nitrogens with one attached hydrogen (secondary N) is 1. The number of anilines is 1. The molecule has 0 bridgehead atoms. The predicted molar refractivity (Wildman–Crippen MR) is 173 cm³/mol. The van der Waals surface area contributed by atoms with E-state index in [0.29, 0.717) is 11.1 Å². The Bertz CT molecular complexity index is 2480. The monoisotopic (exact) mass is 699 g/mol. The average Bonchev–Trinajstić information content (AvgIpc) is 3.02. The Kier molecular flexibility index (Phi) is 8.73. The van der Waals surface area contributed by atoms with Crippen LogP contribution in [0.25, 0.3) is 21.5 Å². The molecular formula is C29H25N5O10S3.